The van der Waals surface area contributed by atoms with Gasteiger partial charge in [0.25, 0.3) is 0 Å². The molecule has 0 aliphatic rings. The fourth-order valence-corrected chi connectivity index (χ4v) is 8.56. The number of hydrogen-bond acceptors (Lipinski definition) is 1. The van der Waals surface area contributed by atoms with Crippen molar-refractivity contribution in [3.05, 3.63) is 12.7 Å². The zero-order valence-electron chi connectivity index (χ0n) is 12.3. The van der Waals surface area contributed by atoms with Crippen LogP contribution in [-0.4, -0.2) is 22.8 Å². The Bertz CT molecular complexity index is 226. The highest BCUT2D eigenvalue weighted by atomic mass is 28.3. The Morgan fingerprint density at radius 2 is 1.88 bits per heavy atom. The molecule has 16 heavy (non-hydrogen) atoms. The molecule has 0 aliphatic heterocycles. The lowest BCUT2D eigenvalue weighted by molar-refractivity contribution is 0.264. The van der Waals surface area contributed by atoms with Crippen LogP contribution < -0.4 is 0 Å². The van der Waals surface area contributed by atoms with Crippen molar-refractivity contribution < 1.29 is 4.43 Å². The predicted octanol–water partition coefficient (Wildman–Crippen LogP) is 4.37. The van der Waals surface area contributed by atoms with Gasteiger partial charge in [-0.3, -0.25) is 0 Å². The minimum atomic E-state index is -1.45. The van der Waals surface area contributed by atoms with Gasteiger partial charge in [-0.05, 0) is 31.0 Å². The Labute approximate surface area is 105 Å². The van der Waals surface area contributed by atoms with Crippen molar-refractivity contribution >= 4 is 17.1 Å². The first-order valence-electron chi connectivity index (χ1n) is 6.54. The second-order valence-electron chi connectivity index (χ2n) is 5.78. The molecule has 0 heterocycles. The van der Waals surface area contributed by atoms with E-state index in [4.69, 9.17) is 4.43 Å². The molecule has 2 atom stereocenters. The second-order valence-corrected chi connectivity index (χ2v) is 13.4. The molecule has 0 radical (unpaired) electrons. The summed E-state index contributed by atoms with van der Waals surface area (Å²) in [5.41, 5.74) is 0.488. The zero-order valence-corrected chi connectivity index (χ0v) is 14.4. The van der Waals surface area contributed by atoms with Gasteiger partial charge in [0.15, 0.2) is 9.04 Å². The number of rotatable bonds is 7. The van der Waals surface area contributed by atoms with Gasteiger partial charge in [-0.2, -0.15) is 0 Å². The van der Waals surface area contributed by atoms with E-state index in [1.165, 1.54) is 6.42 Å². The third-order valence-electron chi connectivity index (χ3n) is 4.27. The minimum Gasteiger partial charge on any atom is -0.421 e. The number of hydrogen-bond donors (Lipinski definition) is 0. The van der Waals surface area contributed by atoms with Gasteiger partial charge in [-0.15, -0.1) is 6.58 Å². The normalized spacial score (nSPS) is 18.2. The Hall–Kier alpha value is 0.134. The molecule has 0 aliphatic carbocycles. The van der Waals surface area contributed by atoms with Gasteiger partial charge in [0.1, 0.15) is 0 Å². The molecule has 0 N–H and O–H groups in total. The van der Waals surface area contributed by atoms with E-state index in [0.717, 1.165) is 6.42 Å². The summed E-state index contributed by atoms with van der Waals surface area (Å²) in [6, 6.07) is 0. The SMILES string of the molecule is C=CC(C)(CC)[Si](C)(C)C(CC)O[SiH](C)C. The summed E-state index contributed by atoms with van der Waals surface area (Å²) in [5.74, 6) is 0. The van der Waals surface area contributed by atoms with Crippen molar-refractivity contribution in [1.29, 1.82) is 0 Å². The Balaban J connectivity index is 5.03. The van der Waals surface area contributed by atoms with Crippen LogP contribution in [0.5, 0.6) is 0 Å². The first-order chi connectivity index (χ1) is 7.25. The first kappa shape index (κ1) is 16.1. The van der Waals surface area contributed by atoms with Gasteiger partial charge in [-0.1, -0.05) is 39.9 Å². The Kier molecular flexibility index (Phi) is 6.22. The molecule has 0 fully saturated rings. The van der Waals surface area contributed by atoms with E-state index in [2.05, 4.69) is 59.6 Å². The molecule has 0 spiro atoms. The van der Waals surface area contributed by atoms with E-state index >= 15 is 0 Å². The number of allylic oxidation sites excluding steroid dienone is 1. The molecule has 0 aromatic carbocycles. The van der Waals surface area contributed by atoms with Crippen molar-refractivity contribution in [2.24, 2.45) is 0 Å². The van der Waals surface area contributed by atoms with E-state index in [1.54, 1.807) is 0 Å². The lowest BCUT2D eigenvalue weighted by Gasteiger charge is -2.45. The Morgan fingerprint density at radius 1 is 1.38 bits per heavy atom. The van der Waals surface area contributed by atoms with Gasteiger partial charge < -0.3 is 4.43 Å². The smallest absolute Gasteiger partial charge is 0.170 e. The van der Waals surface area contributed by atoms with Gasteiger partial charge in [0.2, 0.25) is 0 Å². The topological polar surface area (TPSA) is 9.23 Å². The van der Waals surface area contributed by atoms with Crippen molar-refractivity contribution in [2.45, 2.75) is 70.6 Å². The first-order valence-corrected chi connectivity index (χ1v) is 12.4. The fourth-order valence-electron chi connectivity index (χ4n) is 2.34. The summed E-state index contributed by atoms with van der Waals surface area (Å²) in [6.45, 7) is 20.4. The molecule has 1 nitrogen and oxygen atoms in total. The van der Waals surface area contributed by atoms with Crippen molar-refractivity contribution in [3.63, 3.8) is 0 Å². The van der Waals surface area contributed by atoms with Crippen LogP contribution >= 0.6 is 0 Å². The van der Waals surface area contributed by atoms with Gasteiger partial charge in [0, 0.05) is 5.73 Å². The summed E-state index contributed by atoms with van der Waals surface area (Å²) in [4.78, 5) is 0. The molecule has 0 aromatic rings. The fraction of sp³-hybridized carbons (Fsp3) is 0.846. The minimum absolute atomic E-state index is 0.289. The maximum Gasteiger partial charge on any atom is 0.170 e. The average molecular weight is 259 g/mol. The van der Waals surface area contributed by atoms with Crippen LogP contribution in [0.2, 0.25) is 31.2 Å². The lowest BCUT2D eigenvalue weighted by atomic mass is 10.1. The summed E-state index contributed by atoms with van der Waals surface area (Å²) in [7, 11) is -2.39. The molecule has 96 valence electrons. The lowest BCUT2D eigenvalue weighted by Crippen LogP contribution is -2.52. The highest BCUT2D eigenvalue weighted by Gasteiger charge is 2.45. The highest BCUT2D eigenvalue weighted by molar-refractivity contribution is 6.82. The van der Waals surface area contributed by atoms with E-state index in [1.807, 2.05) is 0 Å². The van der Waals surface area contributed by atoms with Crippen LogP contribution in [-0.2, 0) is 4.43 Å². The summed E-state index contributed by atoms with van der Waals surface area (Å²) in [6.07, 6.45) is 4.50. The molecule has 0 saturated carbocycles. The summed E-state index contributed by atoms with van der Waals surface area (Å²) in [5, 5.41) is 0.289. The van der Waals surface area contributed by atoms with Crippen molar-refractivity contribution in [3.8, 4) is 0 Å². The molecular formula is C13H30OSi2. The summed E-state index contributed by atoms with van der Waals surface area (Å²) >= 11 is 0. The molecular weight excluding hydrogens is 228 g/mol. The van der Waals surface area contributed by atoms with Gasteiger partial charge in [-0.25, -0.2) is 0 Å². The third kappa shape index (κ3) is 3.31. The van der Waals surface area contributed by atoms with Crippen molar-refractivity contribution in [2.75, 3.05) is 0 Å². The van der Waals surface area contributed by atoms with Crippen molar-refractivity contribution in [1.82, 2.24) is 0 Å². The average Bonchev–Trinajstić information content (AvgIpc) is 2.23. The summed E-state index contributed by atoms with van der Waals surface area (Å²) < 4.78 is 6.27. The second kappa shape index (κ2) is 6.17. The molecule has 0 rings (SSSR count). The standard InChI is InChI=1S/C13H30OSi2/c1-9-12(14-15(5)6)16(7,8)13(4,10-2)11-3/h10,12,15H,2,9,11H2,1,3-8H3. The van der Waals surface area contributed by atoms with E-state index < -0.39 is 17.1 Å². The van der Waals surface area contributed by atoms with Crippen LogP contribution in [0.15, 0.2) is 12.7 Å². The monoisotopic (exact) mass is 258 g/mol. The Morgan fingerprint density at radius 3 is 2.12 bits per heavy atom. The molecule has 3 heteroatoms. The van der Waals surface area contributed by atoms with E-state index in [0.29, 0.717) is 5.73 Å². The van der Waals surface area contributed by atoms with Gasteiger partial charge >= 0.3 is 0 Å². The van der Waals surface area contributed by atoms with Crippen LogP contribution in [0.3, 0.4) is 0 Å². The predicted molar refractivity (Wildman–Crippen MR) is 80.4 cm³/mol. The largest absolute Gasteiger partial charge is 0.421 e. The van der Waals surface area contributed by atoms with Crippen LogP contribution in [0, 0.1) is 0 Å². The molecule has 0 bridgehead atoms. The quantitative estimate of drug-likeness (QED) is 0.487. The van der Waals surface area contributed by atoms with E-state index in [-0.39, 0.29) is 5.04 Å². The van der Waals surface area contributed by atoms with Gasteiger partial charge in [0.05, 0.1) is 8.07 Å². The van der Waals surface area contributed by atoms with E-state index in [9.17, 15) is 0 Å². The maximum absolute atomic E-state index is 6.27. The maximum atomic E-state index is 6.27. The van der Waals surface area contributed by atoms with Crippen LogP contribution in [0.4, 0.5) is 0 Å². The molecule has 0 aromatic heterocycles. The highest BCUT2D eigenvalue weighted by Crippen LogP contribution is 2.45. The molecule has 0 saturated heterocycles. The molecule has 0 amide bonds. The van der Waals surface area contributed by atoms with Crippen LogP contribution in [0.1, 0.15) is 33.6 Å². The van der Waals surface area contributed by atoms with Crippen LogP contribution in [0.25, 0.3) is 0 Å². The molecule has 2 unspecified atom stereocenters. The third-order valence-corrected chi connectivity index (χ3v) is 11.1. The zero-order chi connectivity index (χ0) is 13.0.